The van der Waals surface area contributed by atoms with Crippen LogP contribution >= 0.6 is 23.1 Å². The molecule has 5 nitrogen and oxygen atoms in total. The maximum Gasteiger partial charge on any atom is 0.238 e. The standard InChI is InChI=1S/C20H19N3O2S2/c1-12(20-22-14-8-4-6-10-16(14)27-20)23(2)18(24)11-17-19(25)21-13-7-3-5-9-15(13)26-17/h3-10,12,17H,11H2,1-2H3,(H,21,25)/t12-,17+/m1/s1. The smallest absolute Gasteiger partial charge is 0.238 e. The monoisotopic (exact) mass is 397 g/mol. The lowest BCUT2D eigenvalue weighted by Gasteiger charge is -2.27. The van der Waals surface area contributed by atoms with E-state index in [1.807, 2.05) is 55.5 Å². The van der Waals surface area contributed by atoms with Crippen LogP contribution in [0.1, 0.15) is 24.4 Å². The van der Waals surface area contributed by atoms with Crippen molar-refractivity contribution in [2.24, 2.45) is 0 Å². The molecular formula is C20H19N3O2S2. The molecule has 1 aliphatic rings. The molecule has 0 saturated carbocycles. The number of hydrogen-bond acceptors (Lipinski definition) is 5. The number of para-hydroxylation sites is 2. The van der Waals surface area contributed by atoms with Crippen molar-refractivity contribution < 1.29 is 9.59 Å². The van der Waals surface area contributed by atoms with Gasteiger partial charge in [0.1, 0.15) is 5.01 Å². The average Bonchev–Trinajstić information content (AvgIpc) is 3.11. The number of anilines is 1. The van der Waals surface area contributed by atoms with Gasteiger partial charge in [-0.2, -0.15) is 0 Å². The number of carbonyl (C=O) groups is 2. The third-order valence-corrected chi connectivity index (χ3v) is 7.19. The molecule has 1 aliphatic heterocycles. The number of benzene rings is 2. The van der Waals surface area contributed by atoms with Crippen LogP contribution < -0.4 is 5.32 Å². The van der Waals surface area contributed by atoms with Crippen LogP contribution in [0.25, 0.3) is 10.2 Å². The Labute approximate surface area is 165 Å². The lowest BCUT2D eigenvalue weighted by molar-refractivity contribution is -0.133. The Morgan fingerprint density at radius 3 is 2.78 bits per heavy atom. The van der Waals surface area contributed by atoms with Crippen LogP contribution in [0.4, 0.5) is 5.69 Å². The molecule has 0 spiro atoms. The first-order valence-corrected chi connectivity index (χ1v) is 10.4. The van der Waals surface area contributed by atoms with Gasteiger partial charge in [-0.1, -0.05) is 24.3 Å². The normalized spacial score (nSPS) is 17.3. The summed E-state index contributed by atoms with van der Waals surface area (Å²) in [6.45, 7) is 1.97. The van der Waals surface area contributed by atoms with E-state index in [1.165, 1.54) is 11.8 Å². The van der Waals surface area contributed by atoms with Crippen LogP contribution in [0.15, 0.2) is 53.4 Å². The summed E-state index contributed by atoms with van der Waals surface area (Å²) >= 11 is 3.05. The van der Waals surface area contributed by atoms with E-state index in [4.69, 9.17) is 0 Å². The Hall–Kier alpha value is -2.38. The van der Waals surface area contributed by atoms with Gasteiger partial charge in [0.05, 0.1) is 27.2 Å². The van der Waals surface area contributed by atoms with E-state index in [2.05, 4.69) is 10.3 Å². The van der Waals surface area contributed by atoms with Gasteiger partial charge in [-0.15, -0.1) is 23.1 Å². The number of nitrogens with one attached hydrogen (secondary N) is 1. The topological polar surface area (TPSA) is 62.3 Å². The van der Waals surface area contributed by atoms with Crippen molar-refractivity contribution in [1.29, 1.82) is 0 Å². The van der Waals surface area contributed by atoms with E-state index in [0.717, 1.165) is 25.8 Å². The van der Waals surface area contributed by atoms with E-state index >= 15 is 0 Å². The maximum absolute atomic E-state index is 12.8. The zero-order valence-electron chi connectivity index (χ0n) is 15.0. The summed E-state index contributed by atoms with van der Waals surface area (Å²) in [5, 5.41) is 3.37. The predicted molar refractivity (Wildman–Crippen MR) is 110 cm³/mol. The van der Waals surface area contributed by atoms with E-state index < -0.39 is 5.25 Å². The molecule has 0 unspecified atom stereocenters. The Morgan fingerprint density at radius 2 is 1.96 bits per heavy atom. The fourth-order valence-electron chi connectivity index (χ4n) is 2.98. The molecule has 138 valence electrons. The van der Waals surface area contributed by atoms with E-state index in [0.29, 0.717) is 0 Å². The number of rotatable bonds is 4. The van der Waals surface area contributed by atoms with Crippen molar-refractivity contribution in [2.75, 3.05) is 12.4 Å². The Kier molecular flexibility index (Phi) is 4.88. The molecule has 2 heterocycles. The molecule has 0 radical (unpaired) electrons. The van der Waals surface area contributed by atoms with Gasteiger partial charge in [-0.25, -0.2) is 4.98 Å². The summed E-state index contributed by atoms with van der Waals surface area (Å²) in [5.74, 6) is -0.179. The number of thiazole rings is 1. The molecule has 1 aromatic heterocycles. The molecule has 3 aromatic rings. The van der Waals surface area contributed by atoms with E-state index in [1.54, 1.807) is 23.3 Å². The van der Waals surface area contributed by atoms with Gasteiger partial charge in [-0.3, -0.25) is 9.59 Å². The second-order valence-electron chi connectivity index (χ2n) is 6.50. The van der Waals surface area contributed by atoms with Crippen molar-refractivity contribution in [2.45, 2.75) is 29.5 Å². The first-order valence-electron chi connectivity index (χ1n) is 8.70. The van der Waals surface area contributed by atoms with Gasteiger partial charge >= 0.3 is 0 Å². The highest BCUT2D eigenvalue weighted by atomic mass is 32.2. The van der Waals surface area contributed by atoms with Crippen molar-refractivity contribution in [3.8, 4) is 0 Å². The van der Waals surface area contributed by atoms with E-state index in [-0.39, 0.29) is 24.3 Å². The molecule has 0 aliphatic carbocycles. The van der Waals surface area contributed by atoms with Gasteiger partial charge < -0.3 is 10.2 Å². The molecule has 0 bridgehead atoms. The molecule has 0 saturated heterocycles. The van der Waals surface area contributed by atoms with Crippen LogP contribution in [0.2, 0.25) is 0 Å². The fraction of sp³-hybridized carbons (Fsp3) is 0.250. The largest absolute Gasteiger partial charge is 0.337 e. The van der Waals surface area contributed by atoms with Gasteiger partial charge in [0.15, 0.2) is 0 Å². The summed E-state index contributed by atoms with van der Waals surface area (Å²) in [5.41, 5.74) is 1.76. The fourth-order valence-corrected chi connectivity index (χ4v) is 5.14. The molecule has 2 atom stereocenters. The summed E-state index contributed by atoms with van der Waals surface area (Å²) in [6, 6.07) is 15.5. The first-order chi connectivity index (χ1) is 13.0. The summed E-state index contributed by atoms with van der Waals surface area (Å²) in [4.78, 5) is 32.5. The highest BCUT2D eigenvalue weighted by molar-refractivity contribution is 8.01. The number of amides is 2. The SMILES string of the molecule is C[C@H](c1nc2ccccc2s1)N(C)C(=O)C[C@@H]1Sc2ccccc2NC1=O. The molecule has 1 N–H and O–H groups in total. The zero-order valence-corrected chi connectivity index (χ0v) is 16.6. The minimum atomic E-state index is -0.419. The minimum absolute atomic E-state index is 0.0613. The van der Waals surface area contributed by atoms with Crippen molar-refractivity contribution in [3.63, 3.8) is 0 Å². The summed E-state index contributed by atoms with van der Waals surface area (Å²) < 4.78 is 1.11. The number of thioether (sulfide) groups is 1. The second-order valence-corrected chi connectivity index (χ2v) is 8.80. The summed E-state index contributed by atoms with van der Waals surface area (Å²) in [6.07, 6.45) is 0.163. The number of carbonyl (C=O) groups excluding carboxylic acids is 2. The molecular weight excluding hydrogens is 378 g/mol. The van der Waals surface area contributed by atoms with Gasteiger partial charge in [0.2, 0.25) is 11.8 Å². The number of aromatic nitrogens is 1. The molecule has 2 amide bonds. The van der Waals surface area contributed by atoms with Crippen LogP contribution in [0, 0.1) is 0 Å². The van der Waals surface area contributed by atoms with Gasteiger partial charge in [-0.05, 0) is 31.2 Å². The number of nitrogens with zero attached hydrogens (tertiary/aromatic N) is 2. The molecule has 0 fully saturated rings. The molecule has 4 rings (SSSR count). The predicted octanol–water partition coefficient (Wildman–Crippen LogP) is 4.32. The third kappa shape index (κ3) is 3.57. The Morgan fingerprint density at radius 1 is 1.22 bits per heavy atom. The van der Waals surface area contributed by atoms with Gasteiger partial charge in [0.25, 0.3) is 0 Å². The third-order valence-electron chi connectivity index (χ3n) is 4.71. The summed E-state index contributed by atoms with van der Waals surface area (Å²) in [7, 11) is 1.78. The average molecular weight is 398 g/mol. The number of fused-ring (bicyclic) bond motifs is 2. The minimum Gasteiger partial charge on any atom is -0.337 e. The van der Waals surface area contributed by atoms with Crippen LogP contribution in [-0.2, 0) is 9.59 Å². The Bertz CT molecular complexity index is 984. The van der Waals surface area contributed by atoms with Crippen molar-refractivity contribution in [3.05, 3.63) is 53.5 Å². The Balaban J connectivity index is 1.46. The van der Waals surface area contributed by atoms with Crippen LogP contribution in [0.5, 0.6) is 0 Å². The van der Waals surface area contributed by atoms with Crippen molar-refractivity contribution >= 4 is 50.8 Å². The lowest BCUT2D eigenvalue weighted by atomic mass is 10.2. The molecule has 27 heavy (non-hydrogen) atoms. The van der Waals surface area contributed by atoms with Gasteiger partial charge in [0, 0.05) is 18.4 Å². The first kappa shape index (κ1) is 18.0. The molecule has 2 aromatic carbocycles. The van der Waals surface area contributed by atoms with Crippen LogP contribution in [-0.4, -0.2) is 34.0 Å². The molecule has 7 heteroatoms. The van der Waals surface area contributed by atoms with Crippen LogP contribution in [0.3, 0.4) is 0 Å². The van der Waals surface area contributed by atoms with Crippen molar-refractivity contribution in [1.82, 2.24) is 9.88 Å². The highest BCUT2D eigenvalue weighted by Crippen LogP contribution is 2.37. The number of hydrogen-bond donors (Lipinski definition) is 1. The highest BCUT2D eigenvalue weighted by Gasteiger charge is 2.31. The maximum atomic E-state index is 12.8. The lowest BCUT2D eigenvalue weighted by Crippen LogP contribution is -2.36. The second kappa shape index (κ2) is 7.32. The quantitative estimate of drug-likeness (QED) is 0.712. The van der Waals surface area contributed by atoms with E-state index in [9.17, 15) is 9.59 Å². The zero-order chi connectivity index (χ0) is 19.0.